The molecule has 0 radical (unpaired) electrons. The van der Waals surface area contributed by atoms with E-state index in [1.165, 1.54) is 12.2 Å². The standard InChI is InChI=1S/C15H26N2O4/c1-14(2,3)21-13(19)17-7-6-15(10-17)8-11(9-15)12(18)16(4)20-5/h11H,6-10H2,1-5H3. The Morgan fingerprint density at radius 3 is 2.43 bits per heavy atom. The second-order valence-electron chi connectivity index (χ2n) is 7.28. The van der Waals surface area contributed by atoms with Gasteiger partial charge in [-0.15, -0.1) is 0 Å². The van der Waals surface area contributed by atoms with Crippen molar-refractivity contribution >= 4 is 12.0 Å². The third-order valence-electron chi connectivity index (χ3n) is 4.38. The summed E-state index contributed by atoms with van der Waals surface area (Å²) in [5.41, 5.74) is -0.363. The average molecular weight is 298 g/mol. The van der Waals surface area contributed by atoms with Crippen LogP contribution in [0.25, 0.3) is 0 Å². The third-order valence-corrected chi connectivity index (χ3v) is 4.38. The van der Waals surface area contributed by atoms with E-state index in [4.69, 9.17) is 9.57 Å². The van der Waals surface area contributed by atoms with Crippen LogP contribution in [0.3, 0.4) is 0 Å². The molecule has 0 aromatic heterocycles. The monoisotopic (exact) mass is 298 g/mol. The number of hydroxylamine groups is 2. The molecular weight excluding hydrogens is 272 g/mol. The van der Waals surface area contributed by atoms with Crippen molar-refractivity contribution < 1.29 is 19.2 Å². The van der Waals surface area contributed by atoms with E-state index in [1.54, 1.807) is 11.9 Å². The number of rotatable bonds is 2. The number of amides is 2. The Balaban J connectivity index is 1.85. The van der Waals surface area contributed by atoms with Crippen LogP contribution in [0.1, 0.15) is 40.0 Å². The molecule has 1 aliphatic carbocycles. The SMILES string of the molecule is CON(C)C(=O)C1CC2(CCN(C(=O)OC(C)(C)C)C2)C1. The summed E-state index contributed by atoms with van der Waals surface area (Å²) in [5, 5.41) is 1.29. The molecule has 2 amide bonds. The van der Waals surface area contributed by atoms with Gasteiger partial charge in [-0.25, -0.2) is 9.86 Å². The highest BCUT2D eigenvalue weighted by Gasteiger charge is 2.52. The van der Waals surface area contributed by atoms with Crippen LogP contribution in [0.4, 0.5) is 4.79 Å². The zero-order valence-electron chi connectivity index (χ0n) is 13.6. The highest BCUT2D eigenvalue weighted by atomic mass is 16.7. The van der Waals surface area contributed by atoms with Crippen LogP contribution in [-0.2, 0) is 14.4 Å². The molecule has 1 aliphatic heterocycles. The minimum Gasteiger partial charge on any atom is -0.444 e. The minimum atomic E-state index is -0.466. The van der Waals surface area contributed by atoms with Gasteiger partial charge >= 0.3 is 6.09 Å². The second kappa shape index (κ2) is 5.48. The number of carbonyl (C=O) groups is 2. The zero-order chi connectivity index (χ0) is 15.8. The van der Waals surface area contributed by atoms with E-state index in [0.717, 1.165) is 25.8 Å². The molecule has 1 spiro atoms. The van der Waals surface area contributed by atoms with Crippen LogP contribution < -0.4 is 0 Å². The van der Waals surface area contributed by atoms with Crippen molar-refractivity contribution in [3.63, 3.8) is 0 Å². The molecule has 2 fully saturated rings. The van der Waals surface area contributed by atoms with Gasteiger partial charge < -0.3 is 9.64 Å². The number of hydrogen-bond donors (Lipinski definition) is 0. The maximum atomic E-state index is 12.1. The Labute approximate surface area is 126 Å². The van der Waals surface area contributed by atoms with Crippen molar-refractivity contribution in [1.82, 2.24) is 9.96 Å². The van der Waals surface area contributed by atoms with Crippen LogP contribution in [-0.4, -0.2) is 54.8 Å². The number of carbonyl (C=O) groups excluding carboxylic acids is 2. The van der Waals surface area contributed by atoms with E-state index in [2.05, 4.69) is 0 Å². The van der Waals surface area contributed by atoms with E-state index in [1.807, 2.05) is 20.8 Å². The molecule has 0 unspecified atom stereocenters. The molecule has 2 rings (SSSR count). The maximum absolute atomic E-state index is 12.1. The van der Waals surface area contributed by atoms with Crippen LogP contribution in [0.2, 0.25) is 0 Å². The molecule has 6 heteroatoms. The lowest BCUT2D eigenvalue weighted by atomic mass is 9.61. The van der Waals surface area contributed by atoms with Gasteiger partial charge in [-0.3, -0.25) is 9.63 Å². The van der Waals surface area contributed by atoms with E-state index >= 15 is 0 Å². The summed E-state index contributed by atoms with van der Waals surface area (Å²) in [7, 11) is 3.13. The van der Waals surface area contributed by atoms with Gasteiger partial charge in [-0.2, -0.15) is 0 Å². The molecule has 0 N–H and O–H groups in total. The van der Waals surface area contributed by atoms with Gasteiger partial charge in [-0.05, 0) is 45.4 Å². The lowest BCUT2D eigenvalue weighted by Crippen LogP contribution is -2.47. The van der Waals surface area contributed by atoms with Crippen molar-refractivity contribution in [3.8, 4) is 0 Å². The fourth-order valence-electron chi connectivity index (χ4n) is 3.26. The molecule has 0 bridgehead atoms. The summed E-state index contributed by atoms with van der Waals surface area (Å²) in [6.07, 6.45) is 2.37. The number of hydrogen-bond acceptors (Lipinski definition) is 4. The topological polar surface area (TPSA) is 59.1 Å². The maximum Gasteiger partial charge on any atom is 0.410 e. The first kappa shape index (κ1) is 16.1. The molecule has 0 aromatic rings. The van der Waals surface area contributed by atoms with Gasteiger partial charge in [0.2, 0.25) is 5.91 Å². The van der Waals surface area contributed by atoms with Gasteiger partial charge in [0.15, 0.2) is 0 Å². The summed E-state index contributed by atoms with van der Waals surface area (Å²) in [6.45, 7) is 7.03. The van der Waals surface area contributed by atoms with Crippen molar-refractivity contribution in [1.29, 1.82) is 0 Å². The zero-order valence-corrected chi connectivity index (χ0v) is 13.6. The predicted molar refractivity (Wildman–Crippen MR) is 77.4 cm³/mol. The van der Waals surface area contributed by atoms with Crippen LogP contribution in [0.5, 0.6) is 0 Å². The summed E-state index contributed by atoms with van der Waals surface area (Å²) < 4.78 is 5.41. The van der Waals surface area contributed by atoms with Gasteiger partial charge in [0.25, 0.3) is 0 Å². The highest BCUT2D eigenvalue weighted by molar-refractivity contribution is 5.79. The van der Waals surface area contributed by atoms with Crippen molar-refractivity contribution in [2.24, 2.45) is 11.3 Å². The molecule has 120 valence electrons. The fraction of sp³-hybridized carbons (Fsp3) is 0.867. The predicted octanol–water partition coefficient (Wildman–Crippen LogP) is 2.04. The first-order chi connectivity index (χ1) is 9.66. The number of ether oxygens (including phenoxy) is 1. The van der Waals surface area contributed by atoms with Crippen molar-refractivity contribution in [3.05, 3.63) is 0 Å². The van der Waals surface area contributed by atoms with Gasteiger partial charge in [-0.1, -0.05) is 0 Å². The van der Waals surface area contributed by atoms with E-state index in [0.29, 0.717) is 6.54 Å². The lowest BCUT2D eigenvalue weighted by molar-refractivity contribution is -0.180. The number of nitrogens with zero attached hydrogens (tertiary/aromatic N) is 2. The summed E-state index contributed by atoms with van der Waals surface area (Å²) in [5.74, 6) is 0.0485. The first-order valence-electron chi connectivity index (χ1n) is 7.45. The van der Waals surface area contributed by atoms with Crippen LogP contribution in [0, 0.1) is 11.3 Å². The molecule has 0 atom stereocenters. The van der Waals surface area contributed by atoms with Crippen LogP contribution >= 0.6 is 0 Å². The first-order valence-corrected chi connectivity index (χ1v) is 7.45. The molecule has 21 heavy (non-hydrogen) atoms. The second-order valence-corrected chi connectivity index (χ2v) is 7.28. The Bertz CT molecular complexity index is 424. The van der Waals surface area contributed by atoms with Gasteiger partial charge in [0, 0.05) is 26.1 Å². The summed E-state index contributed by atoms with van der Waals surface area (Å²) in [4.78, 5) is 30.8. The molecule has 0 aromatic carbocycles. The Morgan fingerprint density at radius 2 is 1.90 bits per heavy atom. The quantitative estimate of drug-likeness (QED) is 0.732. The van der Waals surface area contributed by atoms with E-state index in [-0.39, 0.29) is 23.3 Å². The van der Waals surface area contributed by atoms with Gasteiger partial charge in [0.05, 0.1) is 7.11 Å². The molecule has 1 saturated heterocycles. The molecular formula is C15H26N2O4. The van der Waals surface area contributed by atoms with E-state index < -0.39 is 5.60 Å². The lowest BCUT2D eigenvalue weighted by Gasteiger charge is -2.44. The molecule has 6 nitrogen and oxygen atoms in total. The van der Waals surface area contributed by atoms with Crippen molar-refractivity contribution in [2.45, 2.75) is 45.6 Å². The molecule has 2 aliphatic rings. The smallest absolute Gasteiger partial charge is 0.410 e. The van der Waals surface area contributed by atoms with Crippen molar-refractivity contribution in [2.75, 3.05) is 27.2 Å². The molecule has 1 heterocycles. The normalized spacial score (nSPS) is 28.4. The molecule has 1 saturated carbocycles. The fourth-order valence-corrected chi connectivity index (χ4v) is 3.26. The van der Waals surface area contributed by atoms with Gasteiger partial charge in [0.1, 0.15) is 5.60 Å². The minimum absolute atomic E-state index is 0.0218. The summed E-state index contributed by atoms with van der Waals surface area (Å²) in [6, 6.07) is 0. The highest BCUT2D eigenvalue weighted by Crippen LogP contribution is 2.52. The Kier molecular flexibility index (Phi) is 4.19. The average Bonchev–Trinajstić information content (AvgIpc) is 2.78. The third kappa shape index (κ3) is 3.48. The Hall–Kier alpha value is -1.30. The van der Waals surface area contributed by atoms with Crippen LogP contribution in [0.15, 0.2) is 0 Å². The summed E-state index contributed by atoms with van der Waals surface area (Å²) >= 11 is 0. The largest absolute Gasteiger partial charge is 0.444 e. The number of likely N-dealkylation sites (tertiary alicyclic amines) is 1. The van der Waals surface area contributed by atoms with E-state index in [9.17, 15) is 9.59 Å². The Morgan fingerprint density at radius 1 is 1.29 bits per heavy atom.